The molecule has 0 aliphatic heterocycles. The summed E-state index contributed by atoms with van der Waals surface area (Å²) in [6.45, 7) is 9.71. The molecule has 0 bridgehead atoms. The van der Waals surface area contributed by atoms with Gasteiger partial charge < -0.3 is 20.9 Å². The summed E-state index contributed by atoms with van der Waals surface area (Å²) in [5.41, 5.74) is 4.60. The highest BCUT2D eigenvalue weighted by atomic mass is 16.5. The van der Waals surface area contributed by atoms with Crippen molar-refractivity contribution in [1.29, 1.82) is 0 Å². The molecule has 1 amide bonds. The van der Waals surface area contributed by atoms with E-state index in [4.69, 9.17) is 15.6 Å². The summed E-state index contributed by atoms with van der Waals surface area (Å²) in [6, 6.07) is -0.926. The second-order valence-corrected chi connectivity index (χ2v) is 6.37. The van der Waals surface area contributed by atoms with E-state index in [0.717, 1.165) is 0 Å². The van der Waals surface area contributed by atoms with Gasteiger partial charge in [-0.1, -0.05) is 27.7 Å². The van der Waals surface area contributed by atoms with Crippen LogP contribution in [0, 0.1) is 11.3 Å². The van der Waals surface area contributed by atoms with Crippen molar-refractivity contribution >= 4 is 11.9 Å². The minimum absolute atomic E-state index is 0.0782. The van der Waals surface area contributed by atoms with E-state index in [1.54, 1.807) is 13.8 Å². The van der Waals surface area contributed by atoms with Crippen LogP contribution >= 0.6 is 0 Å². The van der Waals surface area contributed by atoms with E-state index in [1.165, 1.54) is 0 Å². The van der Waals surface area contributed by atoms with Crippen molar-refractivity contribution in [2.24, 2.45) is 17.1 Å². The number of carbonyl (C=O) groups is 2. The molecule has 0 aromatic carbocycles. The minimum atomic E-state index is -1.09. The van der Waals surface area contributed by atoms with E-state index in [2.05, 4.69) is 5.32 Å². The van der Waals surface area contributed by atoms with Gasteiger partial charge in [-0.3, -0.25) is 4.79 Å². The van der Waals surface area contributed by atoms with E-state index in [0.29, 0.717) is 13.0 Å². The number of amides is 1. The highest BCUT2D eigenvalue weighted by Crippen LogP contribution is 2.49. The zero-order valence-corrected chi connectivity index (χ0v) is 12.9. The normalized spacial score (nSPS) is 29.6. The quantitative estimate of drug-likeness (QED) is 0.668. The number of nitrogens with one attached hydrogen (secondary N) is 1. The summed E-state index contributed by atoms with van der Waals surface area (Å²) >= 11 is 0. The van der Waals surface area contributed by atoms with Crippen molar-refractivity contribution in [1.82, 2.24) is 5.32 Å². The molecule has 116 valence electrons. The lowest BCUT2D eigenvalue weighted by Gasteiger charge is -2.57. The smallest absolute Gasteiger partial charge is 0.326 e. The Hall–Kier alpha value is -1.14. The van der Waals surface area contributed by atoms with E-state index in [9.17, 15) is 9.59 Å². The third kappa shape index (κ3) is 2.67. The molecule has 1 fully saturated rings. The van der Waals surface area contributed by atoms with Crippen LogP contribution in [0.3, 0.4) is 0 Å². The molecule has 3 atom stereocenters. The van der Waals surface area contributed by atoms with Crippen LogP contribution < -0.4 is 11.1 Å². The molecule has 1 saturated carbocycles. The van der Waals surface area contributed by atoms with Gasteiger partial charge in [-0.15, -0.1) is 0 Å². The Morgan fingerprint density at radius 2 is 2.00 bits per heavy atom. The Bertz CT molecular complexity index is 395. The van der Waals surface area contributed by atoms with Crippen molar-refractivity contribution < 1.29 is 19.4 Å². The molecule has 0 spiro atoms. The predicted octanol–water partition coefficient (Wildman–Crippen LogP) is 0.744. The number of ether oxygens (including phenoxy) is 1. The molecule has 20 heavy (non-hydrogen) atoms. The van der Waals surface area contributed by atoms with Crippen LogP contribution in [0.1, 0.15) is 41.0 Å². The minimum Gasteiger partial charge on any atom is -0.480 e. The Balaban J connectivity index is 2.80. The number of carboxylic acid groups (broad SMARTS) is 1. The molecule has 0 aromatic heterocycles. The van der Waals surface area contributed by atoms with Gasteiger partial charge in [-0.05, 0) is 12.8 Å². The largest absolute Gasteiger partial charge is 0.480 e. The van der Waals surface area contributed by atoms with Gasteiger partial charge in [0, 0.05) is 18.4 Å². The molecule has 1 aliphatic carbocycles. The van der Waals surface area contributed by atoms with Crippen molar-refractivity contribution in [3.05, 3.63) is 0 Å². The lowest BCUT2D eigenvalue weighted by molar-refractivity contribution is -0.172. The average Bonchev–Trinajstić information content (AvgIpc) is 2.34. The summed E-state index contributed by atoms with van der Waals surface area (Å²) in [6.07, 6.45) is 0.329. The first-order valence-electron chi connectivity index (χ1n) is 7.02. The van der Waals surface area contributed by atoms with Gasteiger partial charge in [-0.2, -0.15) is 0 Å². The van der Waals surface area contributed by atoms with E-state index < -0.39 is 28.9 Å². The van der Waals surface area contributed by atoms with Gasteiger partial charge in [0.2, 0.25) is 5.91 Å². The molecular weight excluding hydrogens is 260 g/mol. The zero-order chi connectivity index (χ0) is 15.7. The Labute approximate surface area is 120 Å². The molecule has 1 aliphatic rings. The maximum absolute atomic E-state index is 12.4. The molecule has 0 radical (unpaired) electrons. The molecule has 0 saturated heterocycles. The molecule has 0 aromatic rings. The average molecular weight is 286 g/mol. The Morgan fingerprint density at radius 3 is 2.35 bits per heavy atom. The van der Waals surface area contributed by atoms with Gasteiger partial charge in [0.15, 0.2) is 0 Å². The van der Waals surface area contributed by atoms with E-state index >= 15 is 0 Å². The van der Waals surface area contributed by atoms with Crippen molar-refractivity contribution in [3.8, 4) is 0 Å². The zero-order valence-electron chi connectivity index (χ0n) is 12.9. The number of carbonyl (C=O) groups excluding carboxylic acids is 1. The highest BCUT2D eigenvalue weighted by Gasteiger charge is 2.63. The first-order valence-corrected chi connectivity index (χ1v) is 7.02. The number of hydrogen-bond donors (Lipinski definition) is 3. The number of aliphatic carboxylic acids is 1. The molecule has 6 heteroatoms. The summed E-state index contributed by atoms with van der Waals surface area (Å²) in [5, 5.41) is 11.7. The maximum atomic E-state index is 12.4. The van der Waals surface area contributed by atoms with Crippen LogP contribution in [0.4, 0.5) is 0 Å². The Kier molecular flexibility index (Phi) is 4.82. The van der Waals surface area contributed by atoms with Gasteiger partial charge >= 0.3 is 5.97 Å². The van der Waals surface area contributed by atoms with Crippen molar-refractivity contribution in [2.75, 3.05) is 6.61 Å². The van der Waals surface area contributed by atoms with Crippen LogP contribution in [0.15, 0.2) is 0 Å². The summed E-state index contributed by atoms with van der Waals surface area (Å²) in [5.74, 6) is -1.67. The number of hydrogen-bond acceptors (Lipinski definition) is 4. The van der Waals surface area contributed by atoms with Gasteiger partial charge in [-0.25, -0.2) is 4.79 Å². The number of rotatable bonds is 6. The fraction of sp³-hybridized carbons (Fsp3) is 0.857. The summed E-state index contributed by atoms with van der Waals surface area (Å²) in [7, 11) is 0. The first-order chi connectivity index (χ1) is 9.07. The molecule has 1 rings (SSSR count). The third-order valence-electron chi connectivity index (χ3n) is 4.45. The van der Waals surface area contributed by atoms with Gasteiger partial charge in [0.1, 0.15) is 11.6 Å². The van der Waals surface area contributed by atoms with Crippen molar-refractivity contribution in [2.45, 2.75) is 58.7 Å². The lowest BCUT2D eigenvalue weighted by Crippen LogP contribution is -2.76. The highest BCUT2D eigenvalue weighted by molar-refractivity contribution is 5.92. The molecular formula is C14H26N2O4. The van der Waals surface area contributed by atoms with Crippen LogP contribution in [0.5, 0.6) is 0 Å². The van der Waals surface area contributed by atoms with Gasteiger partial charge in [0.05, 0.1) is 6.10 Å². The fourth-order valence-electron chi connectivity index (χ4n) is 2.60. The van der Waals surface area contributed by atoms with Gasteiger partial charge in [0.25, 0.3) is 0 Å². The maximum Gasteiger partial charge on any atom is 0.326 e. The summed E-state index contributed by atoms with van der Waals surface area (Å²) in [4.78, 5) is 23.5. The lowest BCUT2D eigenvalue weighted by atomic mass is 9.54. The van der Waals surface area contributed by atoms with Crippen LogP contribution in [-0.2, 0) is 14.3 Å². The second kappa shape index (κ2) is 5.69. The van der Waals surface area contributed by atoms with E-state index in [-0.39, 0.29) is 12.0 Å². The molecule has 4 N–H and O–H groups in total. The standard InChI is InChI=1S/C14H26N2O4/c1-6-20-9-7-14(15,13(9,4)5)12(19)16-10(8(2)3)11(17)18/h8-10H,6-7,15H2,1-5H3,(H,16,19)(H,17,18). The topological polar surface area (TPSA) is 102 Å². The fourth-order valence-corrected chi connectivity index (χ4v) is 2.60. The van der Waals surface area contributed by atoms with E-state index in [1.807, 2.05) is 20.8 Å². The number of carboxylic acids is 1. The number of nitrogens with two attached hydrogens (primary N) is 1. The second-order valence-electron chi connectivity index (χ2n) is 6.37. The first kappa shape index (κ1) is 16.9. The molecule has 6 nitrogen and oxygen atoms in total. The van der Waals surface area contributed by atoms with Crippen LogP contribution in [0.2, 0.25) is 0 Å². The summed E-state index contributed by atoms with van der Waals surface area (Å²) < 4.78 is 5.56. The van der Waals surface area contributed by atoms with Crippen LogP contribution in [0.25, 0.3) is 0 Å². The van der Waals surface area contributed by atoms with Crippen LogP contribution in [-0.4, -0.2) is 41.3 Å². The predicted molar refractivity (Wildman–Crippen MR) is 75.1 cm³/mol. The molecule has 0 heterocycles. The Morgan fingerprint density at radius 1 is 1.45 bits per heavy atom. The SMILES string of the molecule is CCOC1CC(N)(C(=O)NC(C(=O)O)C(C)C)C1(C)C. The monoisotopic (exact) mass is 286 g/mol. The molecule has 3 unspecified atom stereocenters. The van der Waals surface area contributed by atoms with Crippen molar-refractivity contribution in [3.63, 3.8) is 0 Å². The third-order valence-corrected chi connectivity index (χ3v) is 4.45.